The molecule has 3 aromatic carbocycles. The highest BCUT2D eigenvalue weighted by Gasteiger charge is 2.28. The molecule has 4 rings (SSSR count). The Kier molecular flexibility index (Phi) is 7.05. The lowest BCUT2D eigenvalue weighted by atomic mass is 9.94. The average molecular weight is 555 g/mol. The van der Waals surface area contributed by atoms with Crippen LogP contribution in [0.15, 0.2) is 78.2 Å². The lowest BCUT2D eigenvalue weighted by Crippen LogP contribution is -2.19. The molecule has 0 radical (unpaired) electrons. The molecule has 0 aromatic heterocycles. The summed E-state index contributed by atoms with van der Waals surface area (Å²) >= 11 is 6.55. The Balaban J connectivity index is 1.90. The molecule has 0 atom stereocenters. The maximum absolute atomic E-state index is 13.4. The molecule has 0 aliphatic heterocycles. The van der Waals surface area contributed by atoms with Gasteiger partial charge in [0, 0.05) is 11.1 Å². The van der Waals surface area contributed by atoms with E-state index in [9.17, 15) is 16.8 Å². The van der Waals surface area contributed by atoms with E-state index in [2.05, 4.69) is 8.80 Å². The smallest absolute Gasteiger partial charge is 0.199 e. The number of benzene rings is 3. The van der Waals surface area contributed by atoms with E-state index in [-0.39, 0.29) is 26.2 Å². The minimum atomic E-state index is -4.12. The van der Waals surface area contributed by atoms with Gasteiger partial charge in [-0.15, -0.1) is 0 Å². The van der Waals surface area contributed by atoms with E-state index >= 15 is 0 Å². The number of rotatable bonds is 4. The lowest BCUT2D eigenvalue weighted by Gasteiger charge is -2.18. The van der Waals surface area contributed by atoms with Crippen molar-refractivity contribution in [1.82, 2.24) is 0 Å². The van der Waals surface area contributed by atoms with Crippen LogP contribution < -0.4 is 0 Å². The van der Waals surface area contributed by atoms with Gasteiger partial charge in [0.15, 0.2) is 0 Å². The fraction of sp³-hybridized carbons (Fsp3) is 0.214. The van der Waals surface area contributed by atoms with Crippen molar-refractivity contribution in [3.8, 4) is 0 Å². The molecule has 0 bridgehead atoms. The van der Waals surface area contributed by atoms with Crippen LogP contribution in [0, 0.1) is 41.5 Å². The molecule has 0 spiro atoms. The van der Waals surface area contributed by atoms with Gasteiger partial charge in [-0.2, -0.15) is 25.6 Å². The van der Waals surface area contributed by atoms with Crippen LogP contribution in [0.5, 0.6) is 0 Å². The summed E-state index contributed by atoms with van der Waals surface area (Å²) in [5, 5.41) is -0.0176. The quantitative estimate of drug-likeness (QED) is 0.393. The van der Waals surface area contributed by atoms with Crippen molar-refractivity contribution >= 4 is 43.1 Å². The SMILES string of the molecule is Cc1cc(C)c(S(=O)(=O)N=C2C=C(Cl)C(=NS(=O)(=O)c3c(C)cc(C)cc3C)c3ccccc32)c(C)c1. The van der Waals surface area contributed by atoms with Crippen molar-refractivity contribution in [3.05, 3.63) is 104 Å². The standard InChI is InChI=1S/C28H27ClN2O4S2/c1-16-11-18(3)27(19(4)12-16)36(32,33)30-25-15-24(29)26(23-10-8-7-9-22(23)25)31-37(34,35)28-20(5)13-17(2)14-21(28)6/h7-15H,1-6H3. The van der Waals surface area contributed by atoms with Gasteiger partial charge in [-0.1, -0.05) is 71.3 Å². The summed E-state index contributed by atoms with van der Waals surface area (Å²) in [6.07, 6.45) is 1.35. The van der Waals surface area contributed by atoms with Crippen molar-refractivity contribution in [2.24, 2.45) is 8.80 Å². The number of aryl methyl sites for hydroxylation is 6. The Morgan fingerprint density at radius 2 is 1.03 bits per heavy atom. The van der Waals surface area contributed by atoms with Gasteiger partial charge >= 0.3 is 0 Å². The first-order valence-corrected chi connectivity index (χ1v) is 14.8. The van der Waals surface area contributed by atoms with Crippen LogP contribution in [0.3, 0.4) is 0 Å². The third-order valence-electron chi connectivity index (χ3n) is 6.10. The van der Waals surface area contributed by atoms with Crippen LogP contribution in [-0.4, -0.2) is 28.3 Å². The van der Waals surface area contributed by atoms with Gasteiger partial charge in [0.05, 0.1) is 20.5 Å². The van der Waals surface area contributed by atoms with E-state index in [4.69, 9.17) is 11.6 Å². The maximum atomic E-state index is 13.4. The molecule has 9 heteroatoms. The van der Waals surface area contributed by atoms with Crippen molar-refractivity contribution in [2.45, 2.75) is 51.3 Å². The molecule has 0 N–H and O–H groups in total. The van der Waals surface area contributed by atoms with Gasteiger partial charge in [-0.05, 0) is 69.9 Å². The summed E-state index contributed by atoms with van der Waals surface area (Å²) in [7, 11) is -8.21. The van der Waals surface area contributed by atoms with Gasteiger partial charge in [-0.3, -0.25) is 0 Å². The summed E-state index contributed by atoms with van der Waals surface area (Å²) in [6, 6.07) is 13.9. The molecule has 3 aromatic rings. The number of fused-ring (bicyclic) bond motifs is 1. The first kappa shape index (κ1) is 27.0. The monoisotopic (exact) mass is 554 g/mol. The molecule has 0 amide bonds. The fourth-order valence-corrected chi connectivity index (χ4v) is 8.15. The van der Waals surface area contributed by atoms with Gasteiger partial charge < -0.3 is 0 Å². The van der Waals surface area contributed by atoms with Gasteiger partial charge in [0.1, 0.15) is 5.71 Å². The molecule has 0 saturated heterocycles. The molecule has 192 valence electrons. The molecule has 1 aliphatic rings. The Bertz CT molecular complexity index is 1720. The number of hydrogen-bond donors (Lipinski definition) is 0. The highest BCUT2D eigenvalue weighted by Crippen LogP contribution is 2.31. The molecule has 0 unspecified atom stereocenters. The second-order valence-electron chi connectivity index (χ2n) is 9.36. The van der Waals surface area contributed by atoms with Crippen LogP contribution in [0.2, 0.25) is 0 Å². The molecular formula is C28H27ClN2O4S2. The first-order valence-electron chi connectivity index (χ1n) is 11.5. The number of halogens is 1. The summed E-state index contributed by atoms with van der Waals surface area (Å²) in [4.78, 5) is 0.264. The summed E-state index contributed by atoms with van der Waals surface area (Å²) in [5.41, 5.74) is 5.21. The van der Waals surface area contributed by atoms with E-state index in [1.165, 1.54) is 6.08 Å². The predicted octanol–water partition coefficient (Wildman–Crippen LogP) is 6.03. The highest BCUT2D eigenvalue weighted by molar-refractivity contribution is 7.90. The Morgan fingerprint density at radius 1 is 0.622 bits per heavy atom. The van der Waals surface area contributed by atoms with Gasteiger partial charge in [0.25, 0.3) is 20.0 Å². The first-order chi connectivity index (χ1) is 17.2. The zero-order chi connectivity index (χ0) is 27.3. The van der Waals surface area contributed by atoms with Gasteiger partial charge in [-0.25, -0.2) is 0 Å². The van der Waals surface area contributed by atoms with Crippen LogP contribution >= 0.6 is 11.6 Å². The normalized spacial score (nSPS) is 16.1. The average Bonchev–Trinajstić information content (AvgIpc) is 2.74. The Labute approximate surface area is 223 Å². The summed E-state index contributed by atoms with van der Waals surface area (Å²) < 4.78 is 61.8. The van der Waals surface area contributed by atoms with E-state index < -0.39 is 20.0 Å². The van der Waals surface area contributed by atoms with Crippen LogP contribution in [0.4, 0.5) is 0 Å². The number of sulfonamides is 2. The van der Waals surface area contributed by atoms with Crippen molar-refractivity contribution in [3.63, 3.8) is 0 Å². The number of hydrogen-bond acceptors (Lipinski definition) is 4. The molecule has 0 heterocycles. The zero-order valence-electron chi connectivity index (χ0n) is 21.4. The van der Waals surface area contributed by atoms with Crippen LogP contribution in [-0.2, 0) is 20.0 Å². The molecule has 0 saturated carbocycles. The van der Waals surface area contributed by atoms with Crippen LogP contribution in [0.1, 0.15) is 44.5 Å². The lowest BCUT2D eigenvalue weighted by molar-refractivity contribution is 0.595. The Morgan fingerprint density at radius 3 is 1.49 bits per heavy atom. The number of allylic oxidation sites excluding steroid dienone is 2. The molecule has 37 heavy (non-hydrogen) atoms. The maximum Gasteiger partial charge on any atom is 0.283 e. The molecule has 0 fully saturated rings. The third-order valence-corrected chi connectivity index (χ3v) is 9.57. The van der Waals surface area contributed by atoms with Crippen LogP contribution in [0.25, 0.3) is 0 Å². The topological polar surface area (TPSA) is 93.0 Å². The Hall–Kier alpha value is -3.07. The van der Waals surface area contributed by atoms with E-state index in [1.54, 1.807) is 76.2 Å². The van der Waals surface area contributed by atoms with Crippen molar-refractivity contribution < 1.29 is 16.8 Å². The predicted molar refractivity (Wildman–Crippen MR) is 149 cm³/mol. The minimum absolute atomic E-state index is 0.0176. The van der Waals surface area contributed by atoms with Crippen molar-refractivity contribution in [2.75, 3.05) is 0 Å². The summed E-state index contributed by atoms with van der Waals surface area (Å²) in [6.45, 7) is 10.7. The van der Waals surface area contributed by atoms with E-state index in [0.29, 0.717) is 33.4 Å². The summed E-state index contributed by atoms with van der Waals surface area (Å²) in [5.74, 6) is 0. The molecular weight excluding hydrogens is 528 g/mol. The van der Waals surface area contributed by atoms with E-state index in [0.717, 1.165) is 11.1 Å². The minimum Gasteiger partial charge on any atom is -0.199 e. The zero-order valence-corrected chi connectivity index (χ0v) is 23.8. The second-order valence-corrected chi connectivity index (χ2v) is 12.8. The van der Waals surface area contributed by atoms with E-state index in [1.807, 2.05) is 13.8 Å². The van der Waals surface area contributed by atoms with Gasteiger partial charge in [0.2, 0.25) is 0 Å². The highest BCUT2D eigenvalue weighted by atomic mass is 35.5. The number of nitrogens with zero attached hydrogens (tertiary/aromatic N) is 2. The van der Waals surface area contributed by atoms with Crippen molar-refractivity contribution in [1.29, 1.82) is 0 Å². The molecule has 6 nitrogen and oxygen atoms in total. The second kappa shape index (κ2) is 9.67. The molecule has 1 aliphatic carbocycles. The fourth-order valence-electron chi connectivity index (χ4n) is 4.96. The largest absolute Gasteiger partial charge is 0.283 e. The third kappa shape index (κ3) is 5.19.